The van der Waals surface area contributed by atoms with Crippen molar-refractivity contribution in [1.82, 2.24) is 5.43 Å². The monoisotopic (exact) mass is 238 g/mol. The lowest BCUT2D eigenvalue weighted by atomic mass is 9.86. The number of hydrogen-bond donors (Lipinski definition) is 2. The van der Waals surface area contributed by atoms with Crippen LogP contribution >= 0.6 is 0 Å². The Bertz CT molecular complexity index is 265. The zero-order chi connectivity index (χ0) is 12.1. The average molecular weight is 238 g/mol. The quantitative estimate of drug-likeness (QED) is 0.451. The van der Waals surface area contributed by atoms with E-state index >= 15 is 0 Å². The van der Waals surface area contributed by atoms with Crippen LogP contribution in [-0.2, 0) is 4.74 Å². The van der Waals surface area contributed by atoms with E-state index in [1.165, 1.54) is 44.1 Å². The van der Waals surface area contributed by atoms with Crippen LogP contribution in [0.2, 0.25) is 0 Å². The van der Waals surface area contributed by atoms with E-state index in [1.807, 2.05) is 0 Å². The number of hydrazine groups is 1. The predicted octanol–water partition coefficient (Wildman–Crippen LogP) is 2.52. The summed E-state index contributed by atoms with van der Waals surface area (Å²) >= 11 is 0. The molecule has 2 rings (SSSR count). The maximum atomic E-state index is 5.77. The number of nitrogens with two attached hydrogens (primary N) is 1. The summed E-state index contributed by atoms with van der Waals surface area (Å²) in [5.41, 5.74) is 4.56. The molecule has 1 aliphatic carbocycles. The molecule has 0 spiro atoms. The van der Waals surface area contributed by atoms with Crippen LogP contribution in [0.25, 0.3) is 0 Å². The largest absolute Gasteiger partial charge is 0.378 e. The Morgan fingerprint density at radius 3 is 2.88 bits per heavy atom. The second kappa shape index (κ2) is 6.53. The predicted molar refractivity (Wildman–Crippen MR) is 70.4 cm³/mol. The number of nitrogens with one attached hydrogen (secondary N) is 1. The molecule has 1 fully saturated rings. The Morgan fingerprint density at radius 1 is 1.35 bits per heavy atom. The van der Waals surface area contributed by atoms with Gasteiger partial charge in [0.2, 0.25) is 0 Å². The number of hydrogen-bond acceptors (Lipinski definition) is 3. The standard InChI is InChI=1S/C14H26N2O/c1-11-9-13(10-17-11)14(16-15)12-7-5-3-2-4-6-8-12/h7,11,13-14,16H,2-6,8-10,15H2,1H3. The van der Waals surface area contributed by atoms with E-state index in [0.29, 0.717) is 18.1 Å². The molecule has 0 aromatic rings. The van der Waals surface area contributed by atoms with Crippen molar-refractivity contribution in [3.63, 3.8) is 0 Å². The topological polar surface area (TPSA) is 47.3 Å². The molecule has 3 atom stereocenters. The minimum absolute atomic E-state index is 0.332. The van der Waals surface area contributed by atoms with Gasteiger partial charge in [-0.2, -0.15) is 0 Å². The fourth-order valence-corrected chi connectivity index (χ4v) is 3.13. The summed E-state index contributed by atoms with van der Waals surface area (Å²) < 4.78 is 5.67. The fourth-order valence-electron chi connectivity index (χ4n) is 3.13. The Labute approximate surface area is 105 Å². The summed E-state index contributed by atoms with van der Waals surface area (Å²) in [4.78, 5) is 0. The van der Waals surface area contributed by atoms with Gasteiger partial charge in [-0.25, -0.2) is 0 Å². The van der Waals surface area contributed by atoms with Crippen molar-refractivity contribution >= 4 is 0 Å². The summed E-state index contributed by atoms with van der Waals surface area (Å²) in [6.07, 6.45) is 11.8. The molecule has 17 heavy (non-hydrogen) atoms. The Balaban J connectivity index is 2.00. The van der Waals surface area contributed by atoms with Crippen LogP contribution in [0.3, 0.4) is 0 Å². The van der Waals surface area contributed by atoms with E-state index < -0.39 is 0 Å². The third-order valence-corrected chi connectivity index (χ3v) is 4.11. The molecule has 0 saturated carbocycles. The van der Waals surface area contributed by atoms with Gasteiger partial charge in [0, 0.05) is 12.0 Å². The van der Waals surface area contributed by atoms with Crippen molar-refractivity contribution in [2.75, 3.05) is 6.61 Å². The normalized spacial score (nSPS) is 32.7. The summed E-state index contributed by atoms with van der Waals surface area (Å²) in [7, 11) is 0. The van der Waals surface area contributed by atoms with Gasteiger partial charge in [0.05, 0.1) is 12.7 Å². The first-order chi connectivity index (χ1) is 8.31. The highest BCUT2D eigenvalue weighted by Gasteiger charge is 2.30. The molecule has 98 valence electrons. The SMILES string of the molecule is CC1CC(C(NN)C2=CCCCCCC2)CO1. The first kappa shape index (κ1) is 13.1. The van der Waals surface area contributed by atoms with Gasteiger partial charge in [-0.1, -0.05) is 24.5 Å². The van der Waals surface area contributed by atoms with Gasteiger partial charge < -0.3 is 4.74 Å². The summed E-state index contributed by atoms with van der Waals surface area (Å²) in [5.74, 6) is 6.33. The third kappa shape index (κ3) is 3.54. The van der Waals surface area contributed by atoms with E-state index in [2.05, 4.69) is 18.4 Å². The smallest absolute Gasteiger partial charge is 0.0551 e. The van der Waals surface area contributed by atoms with E-state index in [-0.39, 0.29) is 0 Å². The summed E-state index contributed by atoms with van der Waals surface area (Å²) in [6, 6.07) is 0.332. The van der Waals surface area contributed by atoms with Gasteiger partial charge >= 0.3 is 0 Å². The average Bonchev–Trinajstić information content (AvgIpc) is 2.68. The maximum Gasteiger partial charge on any atom is 0.0551 e. The molecular weight excluding hydrogens is 212 g/mol. The lowest BCUT2D eigenvalue weighted by molar-refractivity contribution is 0.118. The van der Waals surface area contributed by atoms with Crippen LogP contribution < -0.4 is 11.3 Å². The van der Waals surface area contributed by atoms with Crippen molar-refractivity contribution in [2.24, 2.45) is 11.8 Å². The number of rotatable bonds is 3. The van der Waals surface area contributed by atoms with E-state index in [1.54, 1.807) is 0 Å². The van der Waals surface area contributed by atoms with Crippen molar-refractivity contribution in [3.8, 4) is 0 Å². The van der Waals surface area contributed by atoms with Crippen molar-refractivity contribution in [2.45, 2.75) is 64.0 Å². The molecule has 0 aromatic heterocycles. The molecule has 0 bridgehead atoms. The minimum atomic E-state index is 0.332. The first-order valence-corrected chi connectivity index (χ1v) is 7.08. The van der Waals surface area contributed by atoms with E-state index in [0.717, 1.165) is 13.0 Å². The van der Waals surface area contributed by atoms with Crippen molar-refractivity contribution in [3.05, 3.63) is 11.6 Å². The van der Waals surface area contributed by atoms with Crippen LogP contribution in [0.5, 0.6) is 0 Å². The Kier molecular flexibility index (Phi) is 5.01. The molecular formula is C14H26N2O. The van der Waals surface area contributed by atoms with Crippen LogP contribution in [-0.4, -0.2) is 18.8 Å². The molecule has 2 aliphatic rings. The van der Waals surface area contributed by atoms with Crippen LogP contribution in [0.1, 0.15) is 51.9 Å². The summed E-state index contributed by atoms with van der Waals surface area (Å²) in [6.45, 7) is 3.01. The van der Waals surface area contributed by atoms with Gasteiger partial charge in [0.15, 0.2) is 0 Å². The van der Waals surface area contributed by atoms with Gasteiger partial charge in [-0.3, -0.25) is 11.3 Å². The Morgan fingerprint density at radius 2 is 2.18 bits per heavy atom. The molecule has 0 aromatic carbocycles. The van der Waals surface area contributed by atoms with E-state index in [9.17, 15) is 0 Å². The lowest BCUT2D eigenvalue weighted by Gasteiger charge is -2.26. The molecule has 3 heteroatoms. The van der Waals surface area contributed by atoms with Gasteiger partial charge in [0.25, 0.3) is 0 Å². The molecule has 3 nitrogen and oxygen atoms in total. The zero-order valence-corrected chi connectivity index (χ0v) is 11.0. The molecule has 0 radical (unpaired) electrons. The maximum absolute atomic E-state index is 5.77. The fraction of sp³-hybridized carbons (Fsp3) is 0.857. The molecule has 3 N–H and O–H groups in total. The minimum Gasteiger partial charge on any atom is -0.378 e. The highest BCUT2D eigenvalue weighted by atomic mass is 16.5. The molecule has 3 unspecified atom stereocenters. The molecule has 1 aliphatic heterocycles. The number of allylic oxidation sites excluding steroid dienone is 1. The molecule has 1 saturated heterocycles. The van der Waals surface area contributed by atoms with Gasteiger partial charge in [-0.15, -0.1) is 0 Å². The third-order valence-electron chi connectivity index (χ3n) is 4.11. The second-order valence-corrected chi connectivity index (χ2v) is 5.52. The number of ether oxygens (including phenoxy) is 1. The first-order valence-electron chi connectivity index (χ1n) is 7.08. The van der Waals surface area contributed by atoms with Crippen LogP contribution in [0, 0.1) is 5.92 Å². The summed E-state index contributed by atoms with van der Waals surface area (Å²) in [5, 5.41) is 0. The van der Waals surface area contributed by atoms with Gasteiger partial charge in [0.1, 0.15) is 0 Å². The lowest BCUT2D eigenvalue weighted by Crippen LogP contribution is -2.42. The van der Waals surface area contributed by atoms with Crippen molar-refractivity contribution in [1.29, 1.82) is 0 Å². The van der Waals surface area contributed by atoms with E-state index in [4.69, 9.17) is 10.6 Å². The van der Waals surface area contributed by atoms with Gasteiger partial charge in [-0.05, 0) is 39.0 Å². The highest BCUT2D eigenvalue weighted by molar-refractivity contribution is 5.13. The zero-order valence-electron chi connectivity index (χ0n) is 11.0. The van der Waals surface area contributed by atoms with Crippen LogP contribution in [0.4, 0.5) is 0 Å². The Hall–Kier alpha value is -0.380. The molecule has 0 amide bonds. The highest BCUT2D eigenvalue weighted by Crippen LogP contribution is 2.29. The second-order valence-electron chi connectivity index (χ2n) is 5.52. The molecule has 1 heterocycles. The van der Waals surface area contributed by atoms with Crippen molar-refractivity contribution < 1.29 is 4.74 Å². The van der Waals surface area contributed by atoms with Crippen LogP contribution in [0.15, 0.2) is 11.6 Å².